The minimum Gasteiger partial charge on any atom is -0.493 e. The van der Waals surface area contributed by atoms with Crippen LogP contribution in [0.2, 0.25) is 5.02 Å². The fourth-order valence-electron chi connectivity index (χ4n) is 4.16. The minimum absolute atomic E-state index is 0.0209. The number of alkyl halides is 3. The lowest BCUT2D eigenvalue weighted by Crippen LogP contribution is -2.40. The van der Waals surface area contributed by atoms with Crippen molar-refractivity contribution >= 4 is 29.3 Å². The highest BCUT2D eigenvalue weighted by molar-refractivity contribution is 8.00. The Hall–Kier alpha value is -2.84. The number of amides is 1. The van der Waals surface area contributed by atoms with Crippen LogP contribution in [0, 0.1) is 0 Å². The van der Waals surface area contributed by atoms with Gasteiger partial charge in [0.25, 0.3) is 5.91 Å². The average molecular weight is 508 g/mol. The van der Waals surface area contributed by atoms with Gasteiger partial charge in [-0.2, -0.15) is 13.2 Å². The summed E-state index contributed by atoms with van der Waals surface area (Å²) in [5, 5.41) is 0.505. The normalized spacial score (nSPS) is 15.6. The number of carbonyl (C=O) groups excluding carboxylic acids is 1. The van der Waals surface area contributed by atoms with Crippen molar-refractivity contribution in [3.8, 4) is 11.5 Å². The van der Waals surface area contributed by atoms with Crippen LogP contribution in [0.4, 0.5) is 13.2 Å². The van der Waals surface area contributed by atoms with Crippen LogP contribution in [-0.2, 0) is 6.42 Å². The molecular weight excluding hydrogens is 487 g/mol. The molecule has 4 rings (SSSR count). The first-order valence-corrected chi connectivity index (χ1v) is 11.6. The molecule has 1 aliphatic rings. The molecule has 0 N–H and O–H groups in total. The van der Waals surface area contributed by atoms with Crippen molar-refractivity contribution in [2.24, 2.45) is 0 Å². The van der Waals surface area contributed by atoms with E-state index >= 15 is 0 Å². The Balaban J connectivity index is 1.76. The predicted octanol–water partition coefficient (Wildman–Crippen LogP) is 6.76. The van der Waals surface area contributed by atoms with Gasteiger partial charge in [-0.1, -0.05) is 29.8 Å². The van der Waals surface area contributed by atoms with Gasteiger partial charge in [-0.25, -0.2) is 0 Å². The molecule has 0 bridgehead atoms. The molecule has 0 aromatic heterocycles. The first-order chi connectivity index (χ1) is 16.2. The lowest BCUT2D eigenvalue weighted by Gasteiger charge is -2.38. The van der Waals surface area contributed by atoms with E-state index in [1.807, 2.05) is 30.3 Å². The van der Waals surface area contributed by atoms with Gasteiger partial charge < -0.3 is 14.4 Å². The van der Waals surface area contributed by atoms with Crippen LogP contribution in [-0.4, -0.2) is 37.1 Å². The van der Waals surface area contributed by atoms with E-state index in [-0.39, 0.29) is 22.6 Å². The molecule has 4 nitrogen and oxygen atoms in total. The average Bonchev–Trinajstić information content (AvgIpc) is 2.82. The number of hydrogen-bond donors (Lipinski definition) is 0. The number of methoxy groups -OCH3 is 2. The quantitative estimate of drug-likeness (QED) is 0.358. The van der Waals surface area contributed by atoms with Crippen molar-refractivity contribution in [1.82, 2.24) is 4.90 Å². The molecular formula is C25H21ClF3NO3S. The number of nitrogens with zero attached hydrogens (tertiary/aromatic N) is 1. The second kappa shape index (κ2) is 9.80. The van der Waals surface area contributed by atoms with Gasteiger partial charge >= 0.3 is 5.51 Å². The molecule has 1 heterocycles. The SMILES string of the molecule is COc1cc2c(cc1OC)[C@H](c1ccccc1Cl)N(C(=O)c1ccc(SC(F)(F)F)cc1)CC2. The summed E-state index contributed by atoms with van der Waals surface area (Å²) in [4.78, 5) is 15.3. The summed E-state index contributed by atoms with van der Waals surface area (Å²) in [6.07, 6.45) is 0.574. The molecule has 3 aromatic rings. The van der Waals surface area contributed by atoms with Crippen molar-refractivity contribution in [1.29, 1.82) is 0 Å². The highest BCUT2D eigenvalue weighted by Crippen LogP contribution is 2.43. The topological polar surface area (TPSA) is 38.8 Å². The fraction of sp³-hybridized carbons (Fsp3) is 0.240. The van der Waals surface area contributed by atoms with Gasteiger partial charge in [0.05, 0.1) is 20.3 Å². The minimum atomic E-state index is -4.39. The first-order valence-electron chi connectivity index (χ1n) is 10.4. The number of thioether (sulfide) groups is 1. The zero-order valence-corrected chi connectivity index (χ0v) is 19.9. The van der Waals surface area contributed by atoms with Crippen LogP contribution in [0.3, 0.4) is 0 Å². The maximum atomic E-state index is 13.6. The number of hydrogen-bond acceptors (Lipinski definition) is 4. The van der Waals surface area contributed by atoms with E-state index in [2.05, 4.69) is 0 Å². The largest absolute Gasteiger partial charge is 0.493 e. The zero-order chi connectivity index (χ0) is 24.5. The zero-order valence-electron chi connectivity index (χ0n) is 18.4. The smallest absolute Gasteiger partial charge is 0.446 e. The van der Waals surface area contributed by atoms with Gasteiger partial charge in [0.15, 0.2) is 11.5 Å². The molecule has 0 fully saturated rings. The van der Waals surface area contributed by atoms with Gasteiger partial charge in [-0.3, -0.25) is 4.79 Å². The maximum absolute atomic E-state index is 13.6. The molecule has 0 saturated carbocycles. The van der Waals surface area contributed by atoms with Crippen molar-refractivity contribution in [2.45, 2.75) is 22.9 Å². The molecule has 0 spiro atoms. The van der Waals surface area contributed by atoms with Crippen molar-refractivity contribution in [3.63, 3.8) is 0 Å². The Morgan fingerprint density at radius 1 is 1.00 bits per heavy atom. The van der Waals surface area contributed by atoms with Crippen LogP contribution in [0.25, 0.3) is 0 Å². The third-order valence-electron chi connectivity index (χ3n) is 5.67. The van der Waals surface area contributed by atoms with E-state index in [1.165, 1.54) is 24.3 Å². The van der Waals surface area contributed by atoms with Crippen molar-refractivity contribution in [3.05, 3.63) is 87.9 Å². The lowest BCUT2D eigenvalue weighted by atomic mass is 9.87. The Bertz CT molecular complexity index is 1200. The van der Waals surface area contributed by atoms with Gasteiger partial charge in [-0.05, 0) is 77.3 Å². The highest BCUT2D eigenvalue weighted by Gasteiger charge is 2.35. The van der Waals surface area contributed by atoms with Crippen LogP contribution >= 0.6 is 23.4 Å². The third kappa shape index (κ3) is 4.98. The molecule has 34 heavy (non-hydrogen) atoms. The van der Waals surface area contributed by atoms with Gasteiger partial charge in [0.2, 0.25) is 0 Å². The number of rotatable bonds is 5. The molecule has 1 aliphatic heterocycles. The summed E-state index contributed by atoms with van der Waals surface area (Å²) in [6.45, 7) is 0.399. The van der Waals surface area contributed by atoms with Crippen LogP contribution < -0.4 is 9.47 Å². The van der Waals surface area contributed by atoms with Gasteiger partial charge in [0, 0.05) is 22.0 Å². The molecule has 1 amide bonds. The fourth-order valence-corrected chi connectivity index (χ4v) is 4.94. The van der Waals surface area contributed by atoms with Gasteiger partial charge in [0.1, 0.15) is 0 Å². The Morgan fingerprint density at radius 3 is 2.26 bits per heavy atom. The second-order valence-electron chi connectivity index (χ2n) is 7.65. The van der Waals surface area contributed by atoms with E-state index < -0.39 is 11.6 Å². The second-order valence-corrected chi connectivity index (χ2v) is 9.20. The van der Waals surface area contributed by atoms with Crippen LogP contribution in [0.5, 0.6) is 11.5 Å². The predicted molar refractivity (Wildman–Crippen MR) is 126 cm³/mol. The molecule has 0 saturated heterocycles. The Kier molecular flexibility index (Phi) is 7.00. The monoisotopic (exact) mass is 507 g/mol. The summed E-state index contributed by atoms with van der Waals surface area (Å²) in [5.74, 6) is 0.826. The molecule has 178 valence electrons. The van der Waals surface area contributed by atoms with E-state index in [9.17, 15) is 18.0 Å². The number of halogens is 4. The first kappa shape index (κ1) is 24.3. The summed E-state index contributed by atoms with van der Waals surface area (Å²) in [7, 11) is 3.11. The van der Waals surface area contributed by atoms with Crippen LogP contribution in [0.15, 0.2) is 65.6 Å². The summed E-state index contributed by atoms with van der Waals surface area (Å²) < 4.78 is 49.0. The Labute approximate surface area is 204 Å². The number of ether oxygens (including phenoxy) is 2. The number of fused-ring (bicyclic) bond motifs is 1. The number of carbonyl (C=O) groups is 1. The molecule has 0 unspecified atom stereocenters. The maximum Gasteiger partial charge on any atom is 0.446 e. The van der Waals surface area contributed by atoms with E-state index in [1.54, 1.807) is 25.2 Å². The van der Waals surface area contributed by atoms with Crippen LogP contribution in [0.1, 0.15) is 33.1 Å². The molecule has 1 atom stereocenters. The molecule has 0 radical (unpaired) electrons. The molecule has 3 aromatic carbocycles. The van der Waals surface area contributed by atoms with E-state index in [0.717, 1.165) is 16.7 Å². The third-order valence-corrected chi connectivity index (χ3v) is 6.75. The molecule has 0 aliphatic carbocycles. The van der Waals surface area contributed by atoms with Crippen molar-refractivity contribution < 1.29 is 27.4 Å². The van der Waals surface area contributed by atoms with E-state index in [4.69, 9.17) is 21.1 Å². The summed E-state index contributed by atoms with van der Waals surface area (Å²) in [5.41, 5.74) is -1.49. The lowest BCUT2D eigenvalue weighted by molar-refractivity contribution is -0.0328. The van der Waals surface area contributed by atoms with Crippen molar-refractivity contribution in [2.75, 3.05) is 20.8 Å². The Morgan fingerprint density at radius 2 is 1.65 bits per heavy atom. The molecule has 9 heteroatoms. The number of benzene rings is 3. The summed E-state index contributed by atoms with van der Waals surface area (Å²) >= 11 is 6.34. The summed E-state index contributed by atoms with van der Waals surface area (Å²) in [6, 6.07) is 16.0. The van der Waals surface area contributed by atoms with E-state index in [0.29, 0.717) is 35.1 Å². The van der Waals surface area contributed by atoms with Gasteiger partial charge in [-0.15, -0.1) is 0 Å². The standard InChI is InChI=1S/C25H21ClF3NO3S/c1-32-21-13-16-11-12-30(24(31)15-7-9-17(10-8-15)34-25(27,28)29)23(19(16)14-22(21)33-2)18-5-3-4-6-20(18)26/h3-10,13-14,23H,11-12H2,1-2H3/t23-/m0/s1. The highest BCUT2D eigenvalue weighted by atomic mass is 35.5.